The lowest BCUT2D eigenvalue weighted by molar-refractivity contribution is -0.107. The molecule has 0 saturated heterocycles. The number of rotatable bonds is 8. The maximum Gasteiger partial charge on any atom is 0.342 e. The van der Waals surface area contributed by atoms with E-state index in [9.17, 15) is 4.79 Å². The number of benzene rings is 1. The Morgan fingerprint density at radius 1 is 1.18 bits per heavy atom. The summed E-state index contributed by atoms with van der Waals surface area (Å²) in [6.07, 6.45) is 1.46. The maximum absolute atomic E-state index is 12.2. The molecule has 122 valence electrons. The standard InChI is InChI=1S/C16H22O6/c1-7-8-10-9-11(18-2)12(15(17)20-4)13(14(10)19-3)16(21-5)22-6/h7,9,16H,1,8H2,2-6H3. The van der Waals surface area contributed by atoms with E-state index in [1.54, 1.807) is 12.1 Å². The molecule has 0 amide bonds. The van der Waals surface area contributed by atoms with Crippen molar-refractivity contribution in [2.75, 3.05) is 35.5 Å². The number of carbonyl (C=O) groups excluding carboxylic acids is 1. The van der Waals surface area contributed by atoms with Crippen LogP contribution >= 0.6 is 0 Å². The summed E-state index contributed by atoms with van der Waals surface area (Å²) in [6.45, 7) is 3.72. The molecule has 0 fully saturated rings. The predicted octanol–water partition coefficient (Wildman–Crippen LogP) is 2.51. The van der Waals surface area contributed by atoms with Crippen molar-refractivity contribution >= 4 is 5.97 Å². The third kappa shape index (κ3) is 3.40. The maximum atomic E-state index is 12.2. The highest BCUT2D eigenvalue weighted by Gasteiger charge is 2.30. The second kappa shape index (κ2) is 8.41. The van der Waals surface area contributed by atoms with Crippen LogP contribution in [-0.4, -0.2) is 41.5 Å². The van der Waals surface area contributed by atoms with Crippen molar-refractivity contribution in [3.8, 4) is 11.5 Å². The van der Waals surface area contributed by atoms with Gasteiger partial charge in [0, 0.05) is 19.8 Å². The normalized spacial score (nSPS) is 10.5. The Labute approximate surface area is 130 Å². The molecule has 0 N–H and O–H groups in total. The molecule has 0 atom stereocenters. The van der Waals surface area contributed by atoms with E-state index < -0.39 is 12.3 Å². The molecule has 0 aliphatic rings. The molecule has 0 saturated carbocycles. The third-order valence-electron chi connectivity index (χ3n) is 3.20. The molecule has 22 heavy (non-hydrogen) atoms. The molecule has 0 radical (unpaired) electrons. The molecular weight excluding hydrogens is 288 g/mol. The first-order chi connectivity index (χ1) is 10.6. The van der Waals surface area contributed by atoms with Gasteiger partial charge in [0.2, 0.25) is 0 Å². The number of methoxy groups -OCH3 is 5. The van der Waals surface area contributed by atoms with Crippen molar-refractivity contribution in [1.29, 1.82) is 0 Å². The fourth-order valence-electron chi connectivity index (χ4n) is 2.29. The lowest BCUT2D eigenvalue weighted by Crippen LogP contribution is -2.16. The number of allylic oxidation sites excluding steroid dienone is 1. The van der Waals surface area contributed by atoms with Gasteiger partial charge < -0.3 is 23.7 Å². The zero-order chi connectivity index (χ0) is 16.7. The molecule has 1 aromatic rings. The highest BCUT2D eigenvalue weighted by Crippen LogP contribution is 2.40. The quantitative estimate of drug-likeness (QED) is 0.418. The van der Waals surface area contributed by atoms with Gasteiger partial charge in [-0.1, -0.05) is 6.08 Å². The van der Waals surface area contributed by atoms with Crippen LogP contribution in [0.3, 0.4) is 0 Å². The molecule has 0 bridgehead atoms. The fourth-order valence-corrected chi connectivity index (χ4v) is 2.29. The minimum absolute atomic E-state index is 0.211. The van der Waals surface area contributed by atoms with Crippen LogP contribution in [0, 0.1) is 0 Å². The first-order valence-electron chi connectivity index (χ1n) is 6.62. The van der Waals surface area contributed by atoms with Gasteiger partial charge in [-0.05, 0) is 12.5 Å². The van der Waals surface area contributed by atoms with Gasteiger partial charge in [-0.2, -0.15) is 0 Å². The summed E-state index contributed by atoms with van der Waals surface area (Å²) in [6, 6.07) is 1.72. The van der Waals surface area contributed by atoms with Crippen LogP contribution in [0.1, 0.15) is 27.8 Å². The van der Waals surface area contributed by atoms with Crippen molar-refractivity contribution in [3.63, 3.8) is 0 Å². The first-order valence-corrected chi connectivity index (χ1v) is 6.62. The lowest BCUT2D eigenvalue weighted by Gasteiger charge is -2.23. The zero-order valence-corrected chi connectivity index (χ0v) is 13.6. The summed E-state index contributed by atoms with van der Waals surface area (Å²) in [4.78, 5) is 12.2. The minimum Gasteiger partial charge on any atom is -0.496 e. The van der Waals surface area contributed by atoms with Crippen molar-refractivity contribution in [1.82, 2.24) is 0 Å². The van der Waals surface area contributed by atoms with Crippen LogP contribution in [0.2, 0.25) is 0 Å². The van der Waals surface area contributed by atoms with Crippen molar-refractivity contribution in [2.45, 2.75) is 12.7 Å². The van der Waals surface area contributed by atoms with Crippen LogP contribution < -0.4 is 9.47 Å². The number of esters is 1. The molecule has 0 aliphatic carbocycles. The molecule has 0 unspecified atom stereocenters. The molecule has 0 heterocycles. The fraction of sp³-hybridized carbons (Fsp3) is 0.438. The SMILES string of the molecule is C=CCc1cc(OC)c(C(=O)OC)c(C(OC)OC)c1OC. The van der Waals surface area contributed by atoms with Gasteiger partial charge in [-0.15, -0.1) is 6.58 Å². The third-order valence-corrected chi connectivity index (χ3v) is 3.20. The lowest BCUT2D eigenvalue weighted by atomic mass is 9.98. The summed E-state index contributed by atoms with van der Waals surface area (Å²) >= 11 is 0. The molecule has 6 nitrogen and oxygen atoms in total. The number of hydrogen-bond acceptors (Lipinski definition) is 6. The Morgan fingerprint density at radius 2 is 1.82 bits per heavy atom. The van der Waals surface area contributed by atoms with E-state index in [-0.39, 0.29) is 5.56 Å². The van der Waals surface area contributed by atoms with Crippen LogP contribution in [-0.2, 0) is 20.6 Å². The molecule has 0 aromatic heterocycles. The highest BCUT2D eigenvalue weighted by atomic mass is 16.7. The summed E-state index contributed by atoms with van der Waals surface area (Å²) in [7, 11) is 7.23. The Kier molecular flexibility index (Phi) is 6.88. The van der Waals surface area contributed by atoms with E-state index in [4.69, 9.17) is 23.7 Å². The van der Waals surface area contributed by atoms with Crippen LogP contribution in [0.4, 0.5) is 0 Å². The van der Waals surface area contributed by atoms with Gasteiger partial charge in [-0.3, -0.25) is 0 Å². The largest absolute Gasteiger partial charge is 0.496 e. The number of ether oxygens (including phenoxy) is 5. The Bertz CT molecular complexity index is 534. The van der Waals surface area contributed by atoms with Gasteiger partial charge in [0.15, 0.2) is 6.29 Å². The van der Waals surface area contributed by atoms with E-state index in [1.807, 2.05) is 0 Å². The molecule has 1 aromatic carbocycles. The van der Waals surface area contributed by atoms with E-state index in [0.717, 1.165) is 5.56 Å². The monoisotopic (exact) mass is 310 g/mol. The van der Waals surface area contributed by atoms with Gasteiger partial charge in [0.25, 0.3) is 0 Å². The van der Waals surface area contributed by atoms with Crippen LogP contribution in [0.5, 0.6) is 11.5 Å². The average molecular weight is 310 g/mol. The second-order valence-electron chi connectivity index (χ2n) is 4.35. The number of hydrogen-bond donors (Lipinski definition) is 0. The van der Waals surface area contributed by atoms with E-state index >= 15 is 0 Å². The summed E-state index contributed by atoms with van der Waals surface area (Å²) < 4.78 is 26.3. The number of carbonyl (C=O) groups is 1. The smallest absolute Gasteiger partial charge is 0.342 e. The van der Waals surface area contributed by atoms with Gasteiger partial charge >= 0.3 is 5.97 Å². The molecule has 0 aliphatic heterocycles. The van der Waals surface area contributed by atoms with E-state index in [1.165, 1.54) is 35.5 Å². The van der Waals surface area contributed by atoms with E-state index in [2.05, 4.69) is 6.58 Å². The highest BCUT2D eigenvalue weighted by molar-refractivity contribution is 5.95. The van der Waals surface area contributed by atoms with Crippen molar-refractivity contribution < 1.29 is 28.5 Å². The molecule has 6 heteroatoms. The first kappa shape index (κ1) is 18.0. The Hall–Kier alpha value is -2.05. The van der Waals surface area contributed by atoms with E-state index in [0.29, 0.717) is 23.5 Å². The van der Waals surface area contributed by atoms with Gasteiger partial charge in [0.05, 0.1) is 26.9 Å². The Morgan fingerprint density at radius 3 is 2.23 bits per heavy atom. The molecular formula is C16H22O6. The van der Waals surface area contributed by atoms with Crippen LogP contribution in [0.15, 0.2) is 18.7 Å². The average Bonchev–Trinajstić information content (AvgIpc) is 2.55. The molecule has 0 spiro atoms. The van der Waals surface area contributed by atoms with Crippen LogP contribution in [0.25, 0.3) is 0 Å². The summed E-state index contributed by atoms with van der Waals surface area (Å²) in [5.74, 6) is 0.280. The Balaban J connectivity index is 3.78. The topological polar surface area (TPSA) is 63.2 Å². The predicted molar refractivity (Wildman–Crippen MR) is 81.5 cm³/mol. The minimum atomic E-state index is -0.803. The second-order valence-corrected chi connectivity index (χ2v) is 4.35. The van der Waals surface area contributed by atoms with Crippen molar-refractivity contribution in [3.05, 3.63) is 35.4 Å². The summed E-state index contributed by atoms with van der Waals surface area (Å²) in [5, 5.41) is 0. The van der Waals surface area contributed by atoms with Gasteiger partial charge in [0.1, 0.15) is 17.1 Å². The molecule has 1 rings (SSSR count). The van der Waals surface area contributed by atoms with Gasteiger partial charge in [-0.25, -0.2) is 4.79 Å². The summed E-state index contributed by atoms with van der Waals surface area (Å²) in [5.41, 5.74) is 1.44. The van der Waals surface area contributed by atoms with Crippen molar-refractivity contribution in [2.24, 2.45) is 0 Å². The zero-order valence-electron chi connectivity index (χ0n) is 13.6.